The molecule has 8 aliphatic heterocycles. The van der Waals surface area contributed by atoms with E-state index in [0.29, 0.717) is 24.8 Å². The third kappa shape index (κ3) is 7.15. The normalized spacial score (nSPS) is 29.8. The van der Waals surface area contributed by atoms with Crippen molar-refractivity contribution in [3.05, 3.63) is 241 Å². The molecule has 0 N–H and O–H groups in total. The van der Waals surface area contributed by atoms with Crippen molar-refractivity contribution >= 4 is 126 Å². The quantitative estimate of drug-likeness (QED) is 0.121. The van der Waals surface area contributed by atoms with Gasteiger partial charge in [0, 0.05) is 104 Å². The molecule has 10 heteroatoms. The first kappa shape index (κ1) is 55.9. The molecule has 0 aromatic heterocycles. The number of anilines is 14. The summed E-state index contributed by atoms with van der Waals surface area (Å²) in [5.74, 6) is -3.15. The van der Waals surface area contributed by atoms with E-state index in [2.05, 4.69) is 246 Å². The van der Waals surface area contributed by atoms with Gasteiger partial charge < -0.3 is 29.4 Å². The molecule has 4 aliphatic carbocycles. The van der Waals surface area contributed by atoms with E-state index >= 15 is 8.78 Å². The van der Waals surface area contributed by atoms with E-state index in [1.165, 1.54) is 82.1 Å². The zero-order valence-corrected chi connectivity index (χ0v) is 56.7. The number of halogens is 2. The fourth-order valence-corrected chi connectivity index (χ4v) is 22.5. The number of nitrogens with zero attached hydrogens (tertiary/aromatic N) is 6. The minimum Gasteiger partial charge on any atom is -0.338 e. The van der Waals surface area contributed by atoms with Gasteiger partial charge in [-0.1, -0.05) is 198 Å². The molecule has 0 radical (unpaired) electrons. The maximum absolute atomic E-state index is 18.3. The summed E-state index contributed by atoms with van der Waals surface area (Å²) in [6.07, 6.45) is 14.5. The van der Waals surface area contributed by atoms with Crippen LogP contribution in [-0.2, 0) is 16.5 Å². The monoisotopic (exact) mass is 1280 g/mol. The average molecular weight is 1290 g/mol. The van der Waals surface area contributed by atoms with Gasteiger partial charge in [0.1, 0.15) is 0 Å². The molecule has 22 rings (SSSR count). The van der Waals surface area contributed by atoms with Crippen molar-refractivity contribution in [2.24, 2.45) is 0 Å². The second kappa shape index (κ2) is 20.3. The Morgan fingerprint density at radius 3 is 1.27 bits per heavy atom. The van der Waals surface area contributed by atoms with Crippen LogP contribution in [0.5, 0.6) is 0 Å². The summed E-state index contributed by atoms with van der Waals surface area (Å²) >= 11 is 0. The van der Waals surface area contributed by atoms with Crippen LogP contribution in [0, 0.1) is 0 Å². The van der Waals surface area contributed by atoms with Crippen LogP contribution >= 0.6 is 0 Å². The lowest BCUT2D eigenvalue weighted by Gasteiger charge is -2.53. The summed E-state index contributed by atoms with van der Waals surface area (Å²) in [6.45, 7) is 9.96. The van der Waals surface area contributed by atoms with E-state index in [-0.39, 0.29) is 48.2 Å². The molecule has 0 bridgehead atoms. The first-order valence-electron chi connectivity index (χ1n) is 37.9. The Hall–Kier alpha value is -9.01. The van der Waals surface area contributed by atoms with E-state index in [0.717, 1.165) is 118 Å². The number of alkyl halides is 2. The van der Waals surface area contributed by atoms with Gasteiger partial charge in [-0.25, -0.2) is 8.78 Å². The van der Waals surface area contributed by atoms with Crippen molar-refractivity contribution in [3.8, 4) is 0 Å². The smallest absolute Gasteiger partial charge is 0.252 e. The van der Waals surface area contributed by atoms with Crippen LogP contribution < -0.4 is 62.2 Å². The molecule has 8 heterocycles. The van der Waals surface area contributed by atoms with Crippen LogP contribution in [0.15, 0.2) is 218 Å². The topological polar surface area (TPSA) is 19.4 Å². The molecule has 8 atom stereocenters. The predicted octanol–water partition coefficient (Wildman–Crippen LogP) is 18.8. The summed E-state index contributed by atoms with van der Waals surface area (Å²) in [5.41, 5.74) is 24.9. The van der Waals surface area contributed by atoms with Gasteiger partial charge in [-0.3, -0.25) is 0 Å². The van der Waals surface area contributed by atoms with Crippen LogP contribution in [0.3, 0.4) is 0 Å². The second-order valence-corrected chi connectivity index (χ2v) is 31.5. The molecule has 4 fully saturated rings. The minimum atomic E-state index is -2.16. The third-order valence-electron chi connectivity index (χ3n) is 27.2. The zero-order valence-electron chi connectivity index (χ0n) is 58.7. The third-order valence-corrected chi connectivity index (χ3v) is 27.2. The Morgan fingerprint density at radius 2 is 0.765 bits per heavy atom. The van der Waals surface area contributed by atoms with Crippen LogP contribution in [-0.4, -0.2) is 36.3 Å². The van der Waals surface area contributed by atoms with Crippen molar-refractivity contribution in [3.63, 3.8) is 0 Å². The van der Waals surface area contributed by atoms with E-state index in [1.54, 1.807) is 0 Å². The van der Waals surface area contributed by atoms with E-state index in [4.69, 9.17) is 0 Å². The molecule has 98 heavy (non-hydrogen) atoms. The second-order valence-electron chi connectivity index (χ2n) is 31.5. The van der Waals surface area contributed by atoms with Crippen molar-refractivity contribution in [2.75, 3.05) is 29.4 Å². The molecule has 6 nitrogen and oxygen atoms in total. The maximum Gasteiger partial charge on any atom is 0.252 e. The molecule has 10 aromatic carbocycles. The lowest BCUT2D eigenvalue weighted by molar-refractivity contribution is -0.0615. The number of benzene rings is 10. The Morgan fingerprint density at radius 1 is 0.378 bits per heavy atom. The summed E-state index contributed by atoms with van der Waals surface area (Å²) in [5, 5.41) is 0. The van der Waals surface area contributed by atoms with Crippen molar-refractivity contribution in [2.45, 2.75) is 176 Å². The van der Waals surface area contributed by atoms with Gasteiger partial charge in [0.25, 0.3) is 13.4 Å². The highest BCUT2D eigenvalue weighted by atomic mass is 19.2. The molecule has 12 aliphatic rings. The van der Waals surface area contributed by atoms with Gasteiger partial charge in [0.2, 0.25) is 5.79 Å². The number of fused-ring (bicyclic) bond motifs is 20. The SMILES string of the molecule is CC12CCCCC1(C)N1c3cc(N(c4ccccc4)c4ccccc4)cc4c3B(c3cccc2c31)c1cccc2c1N4C1(F)CCCCC21F.[2H]C12CCCCC1([2H])N1c3cc(N(c4ccccc4)c4ccccc4)cc4c3B(c3cccc2c31)c1cccc2c1N4C1(C)CCCCC21C. The van der Waals surface area contributed by atoms with Crippen molar-refractivity contribution in [1.82, 2.24) is 0 Å². The molecule has 0 saturated heterocycles. The zero-order chi connectivity index (χ0) is 67.2. The number of para-hydroxylation sites is 8. The van der Waals surface area contributed by atoms with Crippen molar-refractivity contribution < 1.29 is 11.5 Å². The van der Waals surface area contributed by atoms with Crippen molar-refractivity contribution in [1.29, 1.82) is 0 Å². The van der Waals surface area contributed by atoms with Crippen LogP contribution in [0.1, 0.15) is 161 Å². The average Bonchev–Trinajstić information content (AvgIpc) is 1.48. The molecule has 0 spiro atoms. The van der Waals surface area contributed by atoms with Crippen LogP contribution in [0.2, 0.25) is 0 Å². The maximum atomic E-state index is 18.3. The predicted molar refractivity (Wildman–Crippen MR) is 404 cm³/mol. The highest BCUT2D eigenvalue weighted by Crippen LogP contribution is 2.68. The minimum absolute atomic E-state index is 0.0311. The fourth-order valence-electron chi connectivity index (χ4n) is 22.5. The summed E-state index contributed by atoms with van der Waals surface area (Å²) in [7, 11) is 0. The van der Waals surface area contributed by atoms with Gasteiger partial charge >= 0.3 is 0 Å². The van der Waals surface area contributed by atoms with E-state index in [9.17, 15) is 2.74 Å². The Balaban J connectivity index is 0.000000131. The van der Waals surface area contributed by atoms with E-state index in [1.807, 2.05) is 29.2 Å². The molecule has 0 amide bonds. The standard InChI is InChI=1S/C44H40BF2N3.C44H42BN3/c1-41-23-9-10-24-42(41,2)49-36-27-31(48(29-15-5-3-6-16-29)30-17-7-4-8-18-30)28-37-38(36)45(34-21-13-19-32(41)39(34)49)35-22-14-20-33-40(35)50(37)44(47)26-12-11-25-43(33,44)46;1-43-25-11-12-26-44(43,2)48-39-28-31(46(29-15-5-3-6-16-29)30-17-7-4-8-18-30)27-38-40(39)45(36-23-14-21-34(43)42(36)48)35-22-13-20-33-32-19-9-10-24-37(32)47(38)41(33)35/h3-8,13-22,27-28H,9-12,23-26H2,1-2H3;3-8,13-18,20-23,27-28,32,37H,9-12,19,24-26H2,1-2H3/i;32D,37D. The van der Waals surface area contributed by atoms with Crippen LogP contribution in [0.25, 0.3) is 0 Å². The van der Waals surface area contributed by atoms with Gasteiger partial charge in [0.05, 0.1) is 23.8 Å². The summed E-state index contributed by atoms with van der Waals surface area (Å²) < 4.78 is 56.6. The Labute approximate surface area is 579 Å². The summed E-state index contributed by atoms with van der Waals surface area (Å²) in [4.78, 5) is 14.3. The molecule has 8 unspecified atom stereocenters. The Bertz CT molecular complexity index is 4500. The Kier molecular flexibility index (Phi) is 11.6. The summed E-state index contributed by atoms with van der Waals surface area (Å²) in [6, 6.07) is 77.5. The first-order valence-corrected chi connectivity index (χ1v) is 36.9. The fraction of sp³-hybridized carbons (Fsp3) is 0.318. The number of hydrogen-bond donors (Lipinski definition) is 0. The van der Waals surface area contributed by atoms with Gasteiger partial charge in [-0.15, -0.1) is 0 Å². The molecule has 4 saturated carbocycles. The first-order chi connectivity index (χ1) is 48.6. The van der Waals surface area contributed by atoms with Gasteiger partial charge in [-0.05, 0) is 194 Å². The lowest BCUT2D eigenvalue weighted by Crippen LogP contribution is -2.66. The lowest BCUT2D eigenvalue weighted by atomic mass is 9.33. The number of rotatable bonds is 6. The molecular formula is C88H82B2F2N6. The van der Waals surface area contributed by atoms with Gasteiger partial charge in [-0.2, -0.15) is 0 Å². The highest BCUT2D eigenvalue weighted by molar-refractivity contribution is 7.01. The molecule has 10 aromatic rings. The van der Waals surface area contributed by atoms with Crippen LogP contribution in [0.4, 0.5) is 88.4 Å². The molecule has 484 valence electrons. The number of hydrogen-bond acceptors (Lipinski definition) is 6. The van der Waals surface area contributed by atoms with Gasteiger partial charge in [0.15, 0.2) is 5.67 Å². The van der Waals surface area contributed by atoms with E-state index < -0.39 is 23.4 Å². The largest absolute Gasteiger partial charge is 0.338 e. The molecular weight excluding hydrogens is 1200 g/mol. The highest BCUT2D eigenvalue weighted by Gasteiger charge is 2.70.